The van der Waals surface area contributed by atoms with E-state index in [4.69, 9.17) is 5.73 Å². The summed E-state index contributed by atoms with van der Waals surface area (Å²) >= 11 is 0. The summed E-state index contributed by atoms with van der Waals surface area (Å²) in [7, 11) is 0. The highest BCUT2D eigenvalue weighted by Crippen LogP contribution is 2.56. The summed E-state index contributed by atoms with van der Waals surface area (Å²) < 4.78 is 15.8. The molecule has 5 nitrogen and oxygen atoms in total. The predicted molar refractivity (Wildman–Crippen MR) is 125 cm³/mol. The predicted octanol–water partition coefficient (Wildman–Crippen LogP) is 4.41. The van der Waals surface area contributed by atoms with Crippen molar-refractivity contribution in [2.24, 2.45) is 11.1 Å². The first kappa shape index (κ1) is 20.2. The van der Waals surface area contributed by atoms with Crippen LogP contribution < -0.4 is 5.73 Å². The van der Waals surface area contributed by atoms with E-state index in [2.05, 4.69) is 11.6 Å². The lowest BCUT2D eigenvalue weighted by molar-refractivity contribution is -0.126. The summed E-state index contributed by atoms with van der Waals surface area (Å²) in [6.45, 7) is 4.64. The number of nitrogens with one attached hydrogen (secondary N) is 1. The molecule has 0 bridgehead atoms. The summed E-state index contributed by atoms with van der Waals surface area (Å²) in [6.07, 6.45) is 7.34. The lowest BCUT2D eigenvalue weighted by atomic mass is 9.81. The van der Waals surface area contributed by atoms with Crippen LogP contribution in [-0.4, -0.2) is 28.2 Å². The number of amides is 2. The molecular formula is C27H26FN3O2. The van der Waals surface area contributed by atoms with Crippen molar-refractivity contribution in [2.45, 2.75) is 45.1 Å². The normalized spacial score (nSPS) is 18.2. The average molecular weight is 444 g/mol. The van der Waals surface area contributed by atoms with Gasteiger partial charge >= 0.3 is 0 Å². The van der Waals surface area contributed by atoms with Gasteiger partial charge in [-0.15, -0.1) is 0 Å². The highest BCUT2D eigenvalue weighted by atomic mass is 19.1. The summed E-state index contributed by atoms with van der Waals surface area (Å²) in [5.41, 5.74) is 12.6. The van der Waals surface area contributed by atoms with Crippen molar-refractivity contribution in [3.63, 3.8) is 0 Å². The third-order valence-electron chi connectivity index (χ3n) is 7.92. The van der Waals surface area contributed by atoms with Gasteiger partial charge in [0.15, 0.2) is 0 Å². The van der Waals surface area contributed by atoms with E-state index in [1.807, 2.05) is 18.2 Å². The van der Waals surface area contributed by atoms with E-state index in [0.717, 1.165) is 52.6 Å². The van der Waals surface area contributed by atoms with Crippen LogP contribution in [-0.2, 0) is 30.6 Å². The van der Waals surface area contributed by atoms with Crippen LogP contribution >= 0.6 is 0 Å². The van der Waals surface area contributed by atoms with Gasteiger partial charge in [-0.3, -0.25) is 9.59 Å². The fraction of sp³-hybridized carbons (Fsp3) is 0.333. The van der Waals surface area contributed by atoms with E-state index in [9.17, 15) is 9.59 Å². The molecule has 0 radical (unpaired) electrons. The number of carbonyl (C=O) groups is 2. The highest BCUT2D eigenvalue weighted by Gasteiger charge is 2.46. The summed E-state index contributed by atoms with van der Waals surface area (Å²) in [6, 6.07) is 7.16. The van der Waals surface area contributed by atoms with Crippen molar-refractivity contribution < 1.29 is 14.0 Å². The molecule has 1 spiro atoms. The first-order chi connectivity index (χ1) is 15.9. The molecule has 2 aliphatic carbocycles. The average Bonchev–Trinajstić information content (AvgIpc) is 3.47. The van der Waals surface area contributed by atoms with E-state index >= 15 is 4.39 Å². The molecule has 3 aromatic rings. The molecule has 3 aliphatic rings. The second kappa shape index (κ2) is 7.04. The molecule has 0 saturated heterocycles. The van der Waals surface area contributed by atoms with Gasteiger partial charge in [0, 0.05) is 29.7 Å². The minimum absolute atomic E-state index is 0.0973. The smallest absolute Gasteiger partial charge is 0.250 e. The van der Waals surface area contributed by atoms with Gasteiger partial charge in [0.2, 0.25) is 5.91 Å². The Kier molecular flexibility index (Phi) is 4.31. The number of aromatic nitrogens is 1. The number of hydrogen-bond acceptors (Lipinski definition) is 2. The monoisotopic (exact) mass is 443 g/mol. The molecule has 0 unspecified atom stereocenters. The SMILES string of the molecule is C=CC(=O)N1CCc2c(cccc2-c2c(F)cc(C(N)=O)c3[nH]c4c(c23)CC2(CC4)CC2)C1. The number of carbonyl (C=O) groups excluding carboxylic acids is 2. The molecule has 33 heavy (non-hydrogen) atoms. The van der Waals surface area contributed by atoms with Gasteiger partial charge in [0.1, 0.15) is 5.82 Å². The van der Waals surface area contributed by atoms with Crippen molar-refractivity contribution in [2.75, 3.05) is 6.54 Å². The Labute approximate surface area is 191 Å². The van der Waals surface area contributed by atoms with Crippen molar-refractivity contribution in [1.29, 1.82) is 0 Å². The molecule has 168 valence electrons. The Morgan fingerprint density at radius 3 is 2.73 bits per heavy atom. The van der Waals surface area contributed by atoms with Gasteiger partial charge in [-0.2, -0.15) is 0 Å². The number of rotatable bonds is 3. The fourth-order valence-electron chi connectivity index (χ4n) is 5.94. The number of nitrogens with two attached hydrogens (primary N) is 1. The molecule has 2 aromatic carbocycles. The lowest BCUT2D eigenvalue weighted by Crippen LogP contribution is -2.34. The maximum Gasteiger partial charge on any atom is 0.250 e. The maximum atomic E-state index is 15.8. The van der Waals surface area contributed by atoms with Crippen LogP contribution in [0.5, 0.6) is 0 Å². The second-order valence-electron chi connectivity index (χ2n) is 9.81. The van der Waals surface area contributed by atoms with Crippen molar-refractivity contribution in [3.8, 4) is 11.1 Å². The second-order valence-corrected chi connectivity index (χ2v) is 9.81. The highest BCUT2D eigenvalue weighted by molar-refractivity contribution is 6.11. The van der Waals surface area contributed by atoms with Crippen LogP contribution in [0.1, 0.15) is 52.0 Å². The number of halogens is 1. The maximum absolute atomic E-state index is 15.8. The van der Waals surface area contributed by atoms with Crippen LogP contribution in [0.25, 0.3) is 22.0 Å². The molecule has 1 fully saturated rings. The van der Waals surface area contributed by atoms with E-state index in [1.54, 1.807) is 4.90 Å². The summed E-state index contributed by atoms with van der Waals surface area (Å²) in [4.78, 5) is 29.6. The fourth-order valence-corrected chi connectivity index (χ4v) is 5.94. The van der Waals surface area contributed by atoms with Gasteiger partial charge in [-0.1, -0.05) is 24.8 Å². The first-order valence-electron chi connectivity index (χ1n) is 11.6. The van der Waals surface area contributed by atoms with E-state index in [-0.39, 0.29) is 11.5 Å². The zero-order valence-electron chi connectivity index (χ0n) is 18.5. The molecule has 1 aromatic heterocycles. The van der Waals surface area contributed by atoms with E-state index in [0.29, 0.717) is 36.0 Å². The molecule has 1 aliphatic heterocycles. The number of aryl methyl sites for hydroxylation is 1. The third-order valence-corrected chi connectivity index (χ3v) is 7.92. The lowest BCUT2D eigenvalue weighted by Gasteiger charge is -2.30. The quantitative estimate of drug-likeness (QED) is 0.588. The van der Waals surface area contributed by atoms with Crippen LogP contribution in [0.3, 0.4) is 0 Å². The van der Waals surface area contributed by atoms with Crippen molar-refractivity contribution in [3.05, 3.63) is 70.7 Å². The molecule has 2 heterocycles. The minimum Gasteiger partial charge on any atom is -0.366 e. The van der Waals surface area contributed by atoms with E-state index < -0.39 is 11.7 Å². The number of nitrogens with zero attached hydrogens (tertiary/aromatic N) is 1. The Hall–Kier alpha value is -3.41. The number of hydrogen-bond donors (Lipinski definition) is 2. The number of benzene rings is 2. The third kappa shape index (κ3) is 3.04. The van der Waals surface area contributed by atoms with Gasteiger partial charge in [-0.05, 0) is 78.3 Å². The van der Waals surface area contributed by atoms with Crippen LogP contribution in [0, 0.1) is 11.2 Å². The first-order valence-corrected chi connectivity index (χ1v) is 11.6. The Balaban J connectivity index is 1.59. The number of primary amides is 1. The zero-order valence-corrected chi connectivity index (χ0v) is 18.5. The van der Waals surface area contributed by atoms with Crippen molar-refractivity contribution >= 4 is 22.7 Å². The number of H-pyrrole nitrogens is 1. The summed E-state index contributed by atoms with van der Waals surface area (Å²) in [5.74, 6) is -1.15. The topological polar surface area (TPSA) is 79.2 Å². The Bertz CT molecular complexity index is 1370. The standard InChI is InChI=1S/C27H26FN3O2/c1-2-22(32)31-11-7-16-15(14-31)4-3-5-17(16)23-20(28)12-18(26(29)33)25-24(23)19-13-27(9-10-27)8-6-21(19)30-25/h2-5,12,30H,1,6-11,13-14H2,(H2,29,33). The number of fused-ring (bicyclic) bond motifs is 4. The van der Waals surface area contributed by atoms with Gasteiger partial charge in [0.05, 0.1) is 11.1 Å². The van der Waals surface area contributed by atoms with Crippen LogP contribution in [0.4, 0.5) is 4.39 Å². The zero-order chi connectivity index (χ0) is 22.9. The van der Waals surface area contributed by atoms with Gasteiger partial charge < -0.3 is 15.6 Å². The van der Waals surface area contributed by atoms with Crippen LogP contribution in [0.2, 0.25) is 0 Å². The van der Waals surface area contributed by atoms with Gasteiger partial charge in [0.25, 0.3) is 5.91 Å². The van der Waals surface area contributed by atoms with E-state index in [1.165, 1.54) is 25.0 Å². The number of aromatic amines is 1. The molecular weight excluding hydrogens is 417 g/mol. The molecule has 6 heteroatoms. The molecule has 0 atom stereocenters. The molecule has 2 amide bonds. The molecule has 6 rings (SSSR count). The van der Waals surface area contributed by atoms with Gasteiger partial charge in [-0.25, -0.2) is 4.39 Å². The Morgan fingerprint density at radius 2 is 2.00 bits per heavy atom. The molecule has 1 saturated carbocycles. The largest absolute Gasteiger partial charge is 0.366 e. The Morgan fingerprint density at radius 1 is 1.18 bits per heavy atom. The van der Waals surface area contributed by atoms with Crippen LogP contribution in [0.15, 0.2) is 36.9 Å². The summed E-state index contributed by atoms with van der Waals surface area (Å²) in [5, 5.41) is 0.808. The minimum atomic E-state index is -0.626. The van der Waals surface area contributed by atoms with Crippen molar-refractivity contribution in [1.82, 2.24) is 9.88 Å². The molecule has 3 N–H and O–H groups in total.